The summed E-state index contributed by atoms with van der Waals surface area (Å²) in [6.45, 7) is 8.27. The maximum atomic E-state index is 13.8. The molecule has 0 radical (unpaired) electrons. The second-order valence-electron chi connectivity index (χ2n) is 15.7. The Morgan fingerprint density at radius 3 is 1.87 bits per heavy atom. The number of quaternary nitrogens is 1. The van der Waals surface area contributed by atoms with Gasteiger partial charge in [0.05, 0.1) is 6.54 Å². The molecule has 61 heavy (non-hydrogen) atoms. The van der Waals surface area contributed by atoms with Crippen molar-refractivity contribution in [3.05, 3.63) is 59.7 Å². The number of hydrogen-bond acceptors (Lipinski definition) is 10. The Hall–Kier alpha value is -5.56. The number of carbonyl (C=O) groups is 7. The second kappa shape index (κ2) is 22.9. The Balaban J connectivity index is 1.75. The van der Waals surface area contributed by atoms with E-state index in [1.54, 1.807) is 39.8 Å². The van der Waals surface area contributed by atoms with Crippen LogP contribution in [0.15, 0.2) is 48.5 Å². The molecule has 0 unspecified atom stereocenters. The van der Waals surface area contributed by atoms with Gasteiger partial charge in [0.15, 0.2) is 6.04 Å². The number of phenols is 1. The number of carboxylic acids is 1. The lowest BCUT2D eigenvalue weighted by Gasteiger charge is -2.28. The highest BCUT2D eigenvalue weighted by Crippen LogP contribution is 2.37. The largest absolute Gasteiger partial charge is 0.524 e. The summed E-state index contributed by atoms with van der Waals surface area (Å²) < 4.78 is 15.8. The fourth-order valence-electron chi connectivity index (χ4n) is 6.56. The van der Waals surface area contributed by atoms with Gasteiger partial charge in [-0.05, 0) is 73.4 Å². The molecule has 0 aromatic heterocycles. The van der Waals surface area contributed by atoms with Crippen molar-refractivity contribution in [2.24, 2.45) is 11.8 Å². The summed E-state index contributed by atoms with van der Waals surface area (Å²) in [5, 5.41) is 32.5. The topological polar surface area (TPSA) is 318 Å². The predicted molar refractivity (Wildman–Crippen MR) is 219 cm³/mol. The molecule has 0 aliphatic carbocycles. The fraction of sp³-hybridized carbons (Fsp3) is 0.525. The van der Waals surface area contributed by atoms with Gasteiger partial charge in [-0.3, -0.25) is 38.6 Å². The lowest BCUT2D eigenvalue weighted by atomic mass is 9.97. The third-order valence-corrected chi connectivity index (χ3v) is 10.5. The van der Waals surface area contributed by atoms with Crippen LogP contribution in [0, 0.1) is 11.8 Å². The molecule has 1 heterocycles. The molecule has 1 fully saturated rings. The van der Waals surface area contributed by atoms with E-state index in [9.17, 15) is 48.3 Å². The fourth-order valence-corrected chi connectivity index (χ4v) is 6.96. The molecule has 7 atom stereocenters. The number of aromatic hydroxyl groups is 1. The van der Waals surface area contributed by atoms with Crippen molar-refractivity contribution >= 4 is 49.2 Å². The summed E-state index contributed by atoms with van der Waals surface area (Å²) in [6, 6.07) is 4.81. The van der Waals surface area contributed by atoms with Gasteiger partial charge in [-0.25, -0.2) is 9.36 Å². The number of carboxylic acid groups (broad SMARTS) is 1. The molecule has 20 nitrogen and oxygen atoms in total. The van der Waals surface area contributed by atoms with Gasteiger partial charge in [-0.15, -0.1) is 0 Å². The minimum atomic E-state index is -4.85. The van der Waals surface area contributed by atoms with Crippen LogP contribution in [-0.4, -0.2) is 116 Å². The summed E-state index contributed by atoms with van der Waals surface area (Å²) in [7, 11) is -4.85. The molecule has 2 aromatic rings. The van der Waals surface area contributed by atoms with Gasteiger partial charge in [-0.2, -0.15) is 0 Å². The molecule has 336 valence electrons. The van der Waals surface area contributed by atoms with E-state index in [-0.39, 0.29) is 49.6 Å². The van der Waals surface area contributed by atoms with Gasteiger partial charge in [0.25, 0.3) is 5.91 Å². The van der Waals surface area contributed by atoms with Crippen LogP contribution in [0.25, 0.3) is 0 Å². The van der Waals surface area contributed by atoms with Crippen molar-refractivity contribution < 1.29 is 68.4 Å². The Morgan fingerprint density at radius 2 is 1.34 bits per heavy atom. The zero-order valence-corrected chi connectivity index (χ0v) is 35.9. The highest BCUT2D eigenvalue weighted by molar-refractivity contribution is 7.46. The van der Waals surface area contributed by atoms with Crippen molar-refractivity contribution in [1.29, 1.82) is 0 Å². The smallest absolute Gasteiger partial charge is 0.508 e. The molecule has 3 rings (SSSR count). The number of phosphoric acid groups is 1. The first-order valence-corrected chi connectivity index (χ1v) is 21.6. The van der Waals surface area contributed by atoms with Crippen LogP contribution in [0.1, 0.15) is 71.4 Å². The van der Waals surface area contributed by atoms with E-state index in [1.165, 1.54) is 41.3 Å². The van der Waals surface area contributed by atoms with Gasteiger partial charge < -0.3 is 52.0 Å². The number of hydrogen-bond donors (Lipinski definition) is 10. The van der Waals surface area contributed by atoms with Gasteiger partial charge in [0.2, 0.25) is 29.5 Å². The van der Waals surface area contributed by atoms with Crippen LogP contribution in [0.5, 0.6) is 11.5 Å². The third-order valence-electron chi connectivity index (χ3n) is 10.1. The number of aliphatic carboxylic acids is 1. The van der Waals surface area contributed by atoms with Gasteiger partial charge in [-0.1, -0.05) is 58.4 Å². The number of rotatable bonds is 22. The van der Waals surface area contributed by atoms with E-state index in [2.05, 4.69) is 36.8 Å². The van der Waals surface area contributed by atoms with Crippen molar-refractivity contribution in [3.8, 4) is 11.5 Å². The molecule has 2 aromatic carbocycles. The zero-order chi connectivity index (χ0) is 45.6. The normalized spacial score (nSPS) is 16.9. The van der Waals surface area contributed by atoms with Gasteiger partial charge in [0.1, 0.15) is 41.7 Å². The number of carbonyl (C=O) groups excluding carboxylic acids is 6. The SMILES string of the molecule is CC[C@H](C)[C@H](NC(=O)[C@H](Cc1ccc(O)cc1)NC(=O)[C@H](C)[NH3+])C(=O)NCC(=O)N1CCC[C@H]1C(=O)N[C@@H](Cc1ccc(OP(=O)(O)O)cc1)C(=O)N[C@@H](CC(C)C)C(=O)O. The number of phenolic OH excluding ortho intramolecular Hbond substituents is 1. The highest BCUT2D eigenvalue weighted by Gasteiger charge is 2.38. The number of amides is 6. The standard InChI is InChI=1S/C40H58N7O13P/c1-6-23(4)34(46-37(52)30(43-35(50)24(5)41)19-25-9-13-27(48)14-10-25)39(54)42-21-33(49)47-17-7-8-32(47)38(53)44-29(36(51)45-31(40(55)56)18-22(2)3)20-26-11-15-28(16-12-26)60-61(57,58)59/h9-16,22-24,29-32,34,48H,6-8,17-21,41H2,1-5H3,(H,42,54)(H,43,50)(H,44,53)(H,45,51)(H,46,52)(H,55,56)(H2,57,58,59)/p+1/t23-,24-,29-,30-,31-,32-,34-/m0/s1. The van der Waals surface area contributed by atoms with Crippen LogP contribution in [0.2, 0.25) is 0 Å². The molecular weight excluding hydrogens is 817 g/mol. The number of benzene rings is 2. The first-order valence-electron chi connectivity index (χ1n) is 20.0. The molecule has 1 aliphatic rings. The lowest BCUT2D eigenvalue weighted by Crippen LogP contribution is -2.68. The average molecular weight is 877 g/mol. The Kier molecular flexibility index (Phi) is 18.7. The molecule has 12 N–H and O–H groups in total. The summed E-state index contributed by atoms with van der Waals surface area (Å²) in [4.78, 5) is 112. The number of likely N-dealkylation sites (tertiary alicyclic amines) is 1. The van der Waals surface area contributed by atoms with Crippen molar-refractivity contribution in [1.82, 2.24) is 31.5 Å². The lowest BCUT2D eigenvalue weighted by molar-refractivity contribution is -0.398. The van der Waals surface area contributed by atoms with E-state index in [1.807, 2.05) is 6.92 Å². The summed E-state index contributed by atoms with van der Waals surface area (Å²) in [5.41, 5.74) is 4.75. The summed E-state index contributed by atoms with van der Waals surface area (Å²) in [5.74, 6) is -5.91. The van der Waals surface area contributed by atoms with E-state index >= 15 is 0 Å². The van der Waals surface area contributed by atoms with E-state index in [0.717, 1.165) is 0 Å². The minimum Gasteiger partial charge on any atom is -0.508 e. The Labute approximate surface area is 354 Å². The summed E-state index contributed by atoms with van der Waals surface area (Å²) >= 11 is 0. The third kappa shape index (κ3) is 16.1. The predicted octanol–water partition coefficient (Wildman–Crippen LogP) is -0.497. The van der Waals surface area contributed by atoms with Crippen LogP contribution in [-0.2, 0) is 51.0 Å². The van der Waals surface area contributed by atoms with E-state index in [0.29, 0.717) is 24.0 Å². The van der Waals surface area contributed by atoms with Crippen LogP contribution < -0.4 is 36.8 Å². The van der Waals surface area contributed by atoms with Crippen LogP contribution in [0.4, 0.5) is 0 Å². The molecule has 1 aliphatic heterocycles. The van der Waals surface area contributed by atoms with Gasteiger partial charge >= 0.3 is 13.8 Å². The molecule has 21 heteroatoms. The molecule has 0 saturated carbocycles. The zero-order valence-electron chi connectivity index (χ0n) is 35.0. The van der Waals surface area contributed by atoms with Crippen LogP contribution in [0.3, 0.4) is 0 Å². The van der Waals surface area contributed by atoms with Crippen molar-refractivity contribution in [2.45, 2.75) is 109 Å². The quantitative estimate of drug-likeness (QED) is 0.0669. The highest BCUT2D eigenvalue weighted by atomic mass is 31.2. The monoisotopic (exact) mass is 876 g/mol. The maximum absolute atomic E-state index is 13.8. The molecule has 0 bridgehead atoms. The number of nitrogens with zero attached hydrogens (tertiary/aromatic N) is 1. The average Bonchev–Trinajstić information content (AvgIpc) is 3.69. The molecular formula is C40H59N7O13P+. The first-order chi connectivity index (χ1) is 28.6. The minimum absolute atomic E-state index is 0.0170. The number of nitrogens with one attached hydrogen (secondary N) is 5. The Morgan fingerprint density at radius 1 is 0.803 bits per heavy atom. The van der Waals surface area contributed by atoms with Gasteiger partial charge in [0, 0.05) is 19.4 Å². The maximum Gasteiger partial charge on any atom is 0.524 e. The molecule has 1 saturated heterocycles. The van der Waals surface area contributed by atoms with E-state index in [4.69, 9.17) is 9.79 Å². The Bertz CT molecular complexity index is 1910. The van der Waals surface area contributed by atoms with Crippen LogP contribution >= 0.6 is 7.82 Å². The summed E-state index contributed by atoms with van der Waals surface area (Å²) in [6.07, 6.45) is 1.05. The van der Waals surface area contributed by atoms with Crippen molar-refractivity contribution in [3.63, 3.8) is 0 Å². The second-order valence-corrected chi connectivity index (χ2v) is 16.9. The first kappa shape index (κ1) is 49.8. The van der Waals surface area contributed by atoms with E-state index < -0.39 is 97.9 Å². The van der Waals surface area contributed by atoms with Crippen molar-refractivity contribution in [2.75, 3.05) is 13.1 Å². The number of phosphoric ester groups is 1. The molecule has 6 amide bonds. The molecule has 0 spiro atoms.